The second kappa shape index (κ2) is 9.77. The molecule has 0 atom stereocenters. The van der Waals surface area contributed by atoms with Gasteiger partial charge in [0, 0.05) is 10.6 Å². The molecule has 0 unspecified atom stereocenters. The Morgan fingerprint density at radius 2 is 2.00 bits per heavy atom. The molecule has 2 aromatic heterocycles. The normalized spacial score (nSPS) is 11.0. The molecule has 1 N–H and O–H groups in total. The largest absolute Gasteiger partial charge is 0.495 e. The molecule has 4 rings (SSSR count). The van der Waals surface area contributed by atoms with Crippen molar-refractivity contribution in [3.8, 4) is 11.4 Å². The Kier molecular flexibility index (Phi) is 6.83. The number of hydrogen-bond donors (Lipinski definition) is 1. The second-order valence-electron chi connectivity index (χ2n) is 6.84. The minimum Gasteiger partial charge on any atom is -0.495 e. The first-order valence-electron chi connectivity index (χ1n) is 9.87. The zero-order valence-electron chi connectivity index (χ0n) is 17.4. The van der Waals surface area contributed by atoms with Crippen LogP contribution < -0.4 is 15.6 Å². The molecule has 1 amide bonds. The van der Waals surface area contributed by atoms with Crippen molar-refractivity contribution in [1.29, 1.82) is 0 Å². The van der Waals surface area contributed by atoms with Gasteiger partial charge in [-0.15, -0.1) is 11.3 Å². The third kappa shape index (κ3) is 4.67. The molecule has 0 aliphatic heterocycles. The van der Waals surface area contributed by atoms with Gasteiger partial charge in [0.2, 0.25) is 5.91 Å². The molecule has 0 aliphatic carbocycles. The van der Waals surface area contributed by atoms with Crippen molar-refractivity contribution in [3.05, 3.63) is 74.9 Å². The summed E-state index contributed by atoms with van der Waals surface area (Å²) in [5.41, 5.74) is 1.14. The molecule has 0 aliphatic rings. The highest BCUT2D eigenvalue weighted by molar-refractivity contribution is 7.99. The van der Waals surface area contributed by atoms with E-state index in [0.717, 1.165) is 11.3 Å². The Hall–Kier alpha value is -2.81. The van der Waals surface area contributed by atoms with E-state index in [2.05, 4.69) is 5.32 Å². The summed E-state index contributed by atoms with van der Waals surface area (Å²) in [6.07, 6.45) is 0.834. The minimum absolute atomic E-state index is 0.0838. The number of benzene rings is 2. The third-order valence-electron chi connectivity index (χ3n) is 4.72. The zero-order valence-corrected chi connectivity index (χ0v) is 19.8. The average Bonchev–Trinajstić information content (AvgIpc) is 3.22. The lowest BCUT2D eigenvalue weighted by molar-refractivity contribution is -0.113. The average molecular weight is 486 g/mol. The number of anilines is 1. The predicted molar refractivity (Wildman–Crippen MR) is 132 cm³/mol. The fraction of sp³-hybridized carbons (Fsp3) is 0.174. The summed E-state index contributed by atoms with van der Waals surface area (Å²) in [5.74, 6) is 0.386. The number of carbonyl (C=O) groups is 1. The van der Waals surface area contributed by atoms with Crippen molar-refractivity contribution in [2.45, 2.75) is 18.5 Å². The van der Waals surface area contributed by atoms with Crippen LogP contribution in [0.25, 0.3) is 15.9 Å². The van der Waals surface area contributed by atoms with E-state index >= 15 is 0 Å². The molecule has 6 nitrogen and oxygen atoms in total. The van der Waals surface area contributed by atoms with Gasteiger partial charge in [-0.25, -0.2) is 4.98 Å². The van der Waals surface area contributed by atoms with Gasteiger partial charge in [-0.3, -0.25) is 14.2 Å². The van der Waals surface area contributed by atoms with Gasteiger partial charge in [-0.2, -0.15) is 0 Å². The smallest absolute Gasteiger partial charge is 0.267 e. The number of halogens is 1. The number of aromatic nitrogens is 2. The molecule has 0 fully saturated rings. The van der Waals surface area contributed by atoms with Gasteiger partial charge in [-0.1, -0.05) is 48.5 Å². The number of para-hydroxylation sites is 1. The summed E-state index contributed by atoms with van der Waals surface area (Å²) in [4.78, 5) is 32.4. The van der Waals surface area contributed by atoms with E-state index in [1.165, 1.54) is 30.2 Å². The third-order valence-corrected chi connectivity index (χ3v) is 7.12. The van der Waals surface area contributed by atoms with E-state index in [0.29, 0.717) is 37.5 Å². The number of nitrogens with zero attached hydrogens (tertiary/aromatic N) is 2. The van der Waals surface area contributed by atoms with Crippen LogP contribution in [0.2, 0.25) is 5.02 Å². The Bertz CT molecular complexity index is 1340. The topological polar surface area (TPSA) is 73.2 Å². The number of ether oxygens (including phenoxy) is 1. The number of hydrogen-bond acceptors (Lipinski definition) is 6. The monoisotopic (exact) mass is 485 g/mol. The minimum atomic E-state index is -0.231. The van der Waals surface area contributed by atoms with Gasteiger partial charge in [-0.05, 0) is 42.8 Å². The van der Waals surface area contributed by atoms with Crippen molar-refractivity contribution < 1.29 is 9.53 Å². The lowest BCUT2D eigenvalue weighted by atomic mass is 10.3. The van der Waals surface area contributed by atoms with Crippen molar-refractivity contribution in [2.24, 2.45) is 0 Å². The maximum absolute atomic E-state index is 13.3. The maximum atomic E-state index is 13.3. The first-order valence-corrected chi connectivity index (χ1v) is 12.0. The number of aryl methyl sites for hydroxylation is 1. The number of nitrogens with one attached hydrogen (secondary N) is 1. The molecule has 2 heterocycles. The number of amides is 1. The molecule has 0 saturated carbocycles. The summed E-state index contributed by atoms with van der Waals surface area (Å²) < 4.78 is 6.70. The zero-order chi connectivity index (χ0) is 22.7. The highest BCUT2D eigenvalue weighted by atomic mass is 35.5. The molecule has 2 aromatic carbocycles. The summed E-state index contributed by atoms with van der Waals surface area (Å²) in [7, 11) is 1.53. The predicted octanol–water partition coefficient (Wildman–Crippen LogP) is 5.40. The molecular formula is C23H20ClN3O3S2. The van der Waals surface area contributed by atoms with Crippen LogP contribution in [0.3, 0.4) is 0 Å². The first kappa shape index (κ1) is 22.4. The van der Waals surface area contributed by atoms with Gasteiger partial charge in [0.1, 0.15) is 10.6 Å². The van der Waals surface area contributed by atoms with Crippen LogP contribution in [-0.4, -0.2) is 28.3 Å². The fourth-order valence-electron chi connectivity index (χ4n) is 3.16. The van der Waals surface area contributed by atoms with Crippen molar-refractivity contribution in [1.82, 2.24) is 9.55 Å². The van der Waals surface area contributed by atoms with Crippen LogP contribution in [0.15, 0.2) is 64.5 Å². The van der Waals surface area contributed by atoms with Crippen molar-refractivity contribution in [2.75, 3.05) is 18.2 Å². The quantitative estimate of drug-likeness (QED) is 0.280. The van der Waals surface area contributed by atoms with Crippen LogP contribution in [-0.2, 0) is 11.2 Å². The van der Waals surface area contributed by atoms with Gasteiger partial charge in [0.05, 0.1) is 29.0 Å². The molecule has 0 spiro atoms. The Morgan fingerprint density at radius 1 is 1.22 bits per heavy atom. The molecule has 0 bridgehead atoms. The van der Waals surface area contributed by atoms with E-state index in [1.807, 2.05) is 43.3 Å². The second-order valence-corrected chi connectivity index (χ2v) is 9.31. The molecule has 0 saturated heterocycles. The molecule has 9 heteroatoms. The lowest BCUT2D eigenvalue weighted by Crippen LogP contribution is -2.22. The summed E-state index contributed by atoms with van der Waals surface area (Å²) in [5, 5.41) is 4.29. The van der Waals surface area contributed by atoms with Crippen LogP contribution >= 0.6 is 34.7 Å². The SMILES string of the molecule is CCc1cc2c(=O)n(-c3ccccc3)c(SCC(=O)Nc3ccc(OC)c(Cl)c3)nc2s1. The van der Waals surface area contributed by atoms with E-state index in [4.69, 9.17) is 21.3 Å². The first-order chi connectivity index (χ1) is 15.5. The highest BCUT2D eigenvalue weighted by Gasteiger charge is 2.17. The van der Waals surface area contributed by atoms with Crippen LogP contribution in [0.5, 0.6) is 5.75 Å². The van der Waals surface area contributed by atoms with Crippen molar-refractivity contribution in [3.63, 3.8) is 0 Å². The van der Waals surface area contributed by atoms with E-state index in [1.54, 1.807) is 22.8 Å². The fourth-order valence-corrected chi connectivity index (χ4v) is 5.24. The molecule has 4 aromatic rings. The summed E-state index contributed by atoms with van der Waals surface area (Å²) >= 11 is 8.86. The number of thioether (sulfide) groups is 1. The number of rotatable bonds is 7. The number of carbonyl (C=O) groups excluding carboxylic acids is 1. The molecule has 0 radical (unpaired) electrons. The van der Waals surface area contributed by atoms with Crippen molar-refractivity contribution >= 4 is 56.5 Å². The van der Waals surface area contributed by atoms with Gasteiger partial charge >= 0.3 is 0 Å². The van der Waals surface area contributed by atoms with E-state index in [9.17, 15) is 9.59 Å². The van der Waals surface area contributed by atoms with Gasteiger partial charge in [0.15, 0.2) is 5.16 Å². The molecule has 32 heavy (non-hydrogen) atoms. The summed E-state index contributed by atoms with van der Waals surface area (Å²) in [6, 6.07) is 16.3. The van der Waals surface area contributed by atoms with Gasteiger partial charge in [0.25, 0.3) is 5.56 Å². The van der Waals surface area contributed by atoms with Crippen LogP contribution in [0, 0.1) is 0 Å². The van der Waals surface area contributed by atoms with Crippen LogP contribution in [0.4, 0.5) is 5.69 Å². The van der Waals surface area contributed by atoms with Gasteiger partial charge < -0.3 is 10.1 Å². The lowest BCUT2D eigenvalue weighted by Gasteiger charge is -2.12. The maximum Gasteiger partial charge on any atom is 0.267 e. The Morgan fingerprint density at radius 3 is 2.69 bits per heavy atom. The summed E-state index contributed by atoms with van der Waals surface area (Å²) in [6.45, 7) is 2.05. The highest BCUT2D eigenvalue weighted by Crippen LogP contribution is 2.29. The molecule has 164 valence electrons. The standard InChI is InChI=1S/C23H20ClN3O3S2/c1-3-16-12-17-21(32-16)26-23(27(22(17)29)15-7-5-4-6-8-15)31-13-20(28)25-14-9-10-19(30-2)18(24)11-14/h4-12H,3,13H2,1-2H3,(H,25,28). The number of methoxy groups -OCH3 is 1. The van der Waals surface area contributed by atoms with E-state index < -0.39 is 0 Å². The molecular weight excluding hydrogens is 466 g/mol. The number of thiophene rings is 1. The van der Waals surface area contributed by atoms with E-state index in [-0.39, 0.29) is 17.2 Å². The Balaban J connectivity index is 1.62. The Labute approximate surface area is 198 Å². The number of fused-ring (bicyclic) bond motifs is 1. The van der Waals surface area contributed by atoms with Crippen LogP contribution in [0.1, 0.15) is 11.8 Å².